The molecule has 0 aliphatic heterocycles. The molecular weight excluding hydrogens is 252 g/mol. The zero-order chi connectivity index (χ0) is 13.0. The number of hydrogen-bond acceptors (Lipinski definition) is 5. The van der Waals surface area contributed by atoms with Gasteiger partial charge in [0.25, 0.3) is 0 Å². The van der Waals surface area contributed by atoms with Crippen molar-refractivity contribution < 1.29 is 5.11 Å². The molecule has 2 aromatic rings. The first-order valence-electron chi connectivity index (χ1n) is 5.05. The Balaban J connectivity index is 2.37. The fourth-order valence-corrected chi connectivity index (χ4v) is 1.44. The Labute approximate surface area is 109 Å². The smallest absolute Gasteiger partial charge is 0.150 e. The molecule has 0 saturated heterocycles. The van der Waals surface area contributed by atoms with Crippen LogP contribution in [0.25, 0.3) is 0 Å². The Hall–Kier alpha value is -2.16. The Bertz CT molecular complexity index is 613. The molecule has 2 rings (SSSR count). The second-order valence-electron chi connectivity index (χ2n) is 3.35. The summed E-state index contributed by atoms with van der Waals surface area (Å²) in [5.74, 6) is 5.80. The van der Waals surface area contributed by atoms with Crippen LogP contribution in [-0.4, -0.2) is 20.1 Å². The summed E-state index contributed by atoms with van der Waals surface area (Å²) in [5.41, 5.74) is 7.08. The van der Waals surface area contributed by atoms with E-state index in [1.54, 1.807) is 18.2 Å². The van der Waals surface area contributed by atoms with E-state index in [9.17, 15) is 0 Å². The predicted molar refractivity (Wildman–Crippen MR) is 67.6 cm³/mol. The molecule has 0 bridgehead atoms. The van der Waals surface area contributed by atoms with Crippen molar-refractivity contribution in [1.29, 1.82) is 0 Å². The van der Waals surface area contributed by atoms with Crippen molar-refractivity contribution in [3.63, 3.8) is 0 Å². The number of anilines is 1. The van der Waals surface area contributed by atoms with Gasteiger partial charge in [-0.05, 0) is 18.1 Å². The molecule has 0 atom stereocenters. The van der Waals surface area contributed by atoms with E-state index < -0.39 is 0 Å². The zero-order valence-electron chi connectivity index (χ0n) is 9.26. The fourth-order valence-electron chi connectivity index (χ4n) is 1.26. The Morgan fingerprint density at radius 2 is 2.11 bits per heavy atom. The van der Waals surface area contributed by atoms with Crippen molar-refractivity contribution in [3.8, 4) is 11.8 Å². The summed E-state index contributed by atoms with van der Waals surface area (Å²) < 4.78 is 0. The number of nitrogens with zero attached hydrogens (tertiary/aromatic N) is 3. The fraction of sp³-hybridized carbons (Fsp3) is 0.0833. The van der Waals surface area contributed by atoms with Gasteiger partial charge in [-0.1, -0.05) is 23.6 Å². The lowest BCUT2D eigenvalue weighted by molar-refractivity contribution is 0.277. The molecule has 6 heteroatoms. The van der Waals surface area contributed by atoms with Gasteiger partial charge in [0.15, 0.2) is 0 Å². The molecule has 0 amide bonds. The monoisotopic (exact) mass is 260 g/mol. The second-order valence-corrected chi connectivity index (χ2v) is 3.71. The highest BCUT2D eigenvalue weighted by Gasteiger charge is 2.03. The molecule has 5 nitrogen and oxygen atoms in total. The summed E-state index contributed by atoms with van der Waals surface area (Å²) >= 11 is 5.86. The minimum atomic E-state index is -0.132. The molecule has 0 aliphatic carbocycles. The van der Waals surface area contributed by atoms with Gasteiger partial charge in [-0.25, -0.2) is 15.0 Å². The van der Waals surface area contributed by atoms with E-state index in [2.05, 4.69) is 26.8 Å². The zero-order valence-corrected chi connectivity index (χ0v) is 10.0. The van der Waals surface area contributed by atoms with Crippen LogP contribution in [0.4, 0.5) is 5.82 Å². The Morgan fingerprint density at radius 1 is 1.28 bits per heavy atom. The molecule has 0 radical (unpaired) electrons. The number of aliphatic hydroxyl groups is 1. The highest BCUT2D eigenvalue weighted by atomic mass is 35.5. The lowest BCUT2D eigenvalue weighted by atomic mass is 10.2. The maximum atomic E-state index is 8.96. The van der Waals surface area contributed by atoms with Gasteiger partial charge in [0.05, 0.1) is 12.3 Å². The first-order chi connectivity index (χ1) is 8.70. The molecule has 18 heavy (non-hydrogen) atoms. The maximum absolute atomic E-state index is 8.96. The van der Waals surface area contributed by atoms with Crippen LogP contribution in [-0.2, 0) is 6.61 Å². The summed E-state index contributed by atoms with van der Waals surface area (Å²) in [6.45, 7) is -0.132. The van der Waals surface area contributed by atoms with Gasteiger partial charge in [-0.3, -0.25) is 0 Å². The maximum Gasteiger partial charge on any atom is 0.150 e. The van der Waals surface area contributed by atoms with Gasteiger partial charge < -0.3 is 10.8 Å². The summed E-state index contributed by atoms with van der Waals surface area (Å²) in [6.07, 6.45) is 1.27. The standard InChI is InChI=1S/C12H9ClN4O/c13-11-10(12(14)16-7-15-11)5-4-8-2-1-3-9(6-18)17-8/h1-3,7,18H,6H2,(H2,14,15,16). The molecule has 0 fully saturated rings. The third kappa shape index (κ3) is 2.74. The average molecular weight is 261 g/mol. The van der Waals surface area contributed by atoms with Crippen LogP contribution in [0, 0.1) is 11.8 Å². The summed E-state index contributed by atoms with van der Waals surface area (Å²) in [5, 5.41) is 9.17. The molecule has 0 unspecified atom stereocenters. The minimum absolute atomic E-state index is 0.132. The number of rotatable bonds is 1. The largest absolute Gasteiger partial charge is 0.390 e. The lowest BCUT2D eigenvalue weighted by Crippen LogP contribution is -1.97. The first kappa shape index (κ1) is 12.3. The topological polar surface area (TPSA) is 84.9 Å². The minimum Gasteiger partial charge on any atom is -0.390 e. The number of pyridine rings is 1. The van der Waals surface area contributed by atoms with Crippen molar-refractivity contribution in [3.05, 3.63) is 46.6 Å². The van der Waals surface area contributed by atoms with Crippen LogP contribution < -0.4 is 5.73 Å². The number of nitrogens with two attached hydrogens (primary N) is 1. The molecule has 2 heterocycles. The van der Waals surface area contributed by atoms with Crippen LogP contribution in [0.5, 0.6) is 0 Å². The van der Waals surface area contributed by atoms with Crippen molar-refractivity contribution in [2.24, 2.45) is 0 Å². The third-order valence-corrected chi connectivity index (χ3v) is 2.40. The number of hydrogen-bond donors (Lipinski definition) is 2. The molecular formula is C12H9ClN4O. The van der Waals surface area contributed by atoms with Crippen LogP contribution in [0.15, 0.2) is 24.5 Å². The van der Waals surface area contributed by atoms with Gasteiger partial charge in [-0.15, -0.1) is 0 Å². The van der Waals surface area contributed by atoms with E-state index in [-0.39, 0.29) is 17.6 Å². The molecule has 2 aromatic heterocycles. The van der Waals surface area contributed by atoms with Crippen molar-refractivity contribution in [2.45, 2.75) is 6.61 Å². The molecule has 0 spiro atoms. The van der Waals surface area contributed by atoms with Gasteiger partial charge >= 0.3 is 0 Å². The predicted octanol–water partition coefficient (Wildman–Crippen LogP) is 0.999. The van der Waals surface area contributed by atoms with Crippen molar-refractivity contribution >= 4 is 17.4 Å². The quantitative estimate of drug-likeness (QED) is 0.590. The highest BCUT2D eigenvalue weighted by molar-refractivity contribution is 6.30. The number of halogens is 1. The molecule has 3 N–H and O–H groups in total. The van der Waals surface area contributed by atoms with Gasteiger partial charge in [-0.2, -0.15) is 0 Å². The second kappa shape index (κ2) is 5.45. The molecule has 0 aromatic carbocycles. The number of aromatic nitrogens is 3. The van der Waals surface area contributed by atoms with Gasteiger partial charge in [0.1, 0.15) is 28.6 Å². The summed E-state index contributed by atoms with van der Waals surface area (Å²) in [7, 11) is 0. The van der Waals surface area contributed by atoms with Crippen LogP contribution in [0.2, 0.25) is 5.15 Å². The van der Waals surface area contributed by atoms with Crippen molar-refractivity contribution in [1.82, 2.24) is 15.0 Å². The normalized spacial score (nSPS) is 9.67. The SMILES string of the molecule is Nc1ncnc(Cl)c1C#Cc1cccc(CO)n1. The van der Waals surface area contributed by atoms with Gasteiger partial charge in [0.2, 0.25) is 0 Å². The Kier molecular flexibility index (Phi) is 3.72. The van der Waals surface area contributed by atoms with Crippen LogP contribution in [0.1, 0.15) is 17.0 Å². The highest BCUT2D eigenvalue weighted by Crippen LogP contribution is 2.15. The van der Waals surface area contributed by atoms with E-state index in [1.165, 1.54) is 6.33 Å². The average Bonchev–Trinajstić information content (AvgIpc) is 2.38. The Morgan fingerprint density at radius 3 is 2.83 bits per heavy atom. The number of nitrogen functional groups attached to an aromatic ring is 1. The lowest BCUT2D eigenvalue weighted by Gasteiger charge is -1.98. The van der Waals surface area contributed by atoms with Crippen LogP contribution >= 0.6 is 11.6 Å². The molecule has 0 saturated carbocycles. The molecule has 90 valence electrons. The van der Waals surface area contributed by atoms with Gasteiger partial charge in [0, 0.05) is 0 Å². The van der Waals surface area contributed by atoms with Crippen LogP contribution in [0.3, 0.4) is 0 Å². The summed E-state index contributed by atoms with van der Waals surface area (Å²) in [4.78, 5) is 11.7. The van der Waals surface area contributed by atoms with E-state index in [0.29, 0.717) is 17.0 Å². The first-order valence-corrected chi connectivity index (χ1v) is 5.43. The van der Waals surface area contributed by atoms with E-state index in [4.69, 9.17) is 22.4 Å². The number of aliphatic hydroxyl groups excluding tert-OH is 1. The van der Waals surface area contributed by atoms with E-state index in [1.807, 2.05) is 0 Å². The van der Waals surface area contributed by atoms with E-state index in [0.717, 1.165) is 0 Å². The molecule has 0 aliphatic rings. The third-order valence-electron chi connectivity index (χ3n) is 2.11. The summed E-state index contributed by atoms with van der Waals surface area (Å²) in [6, 6.07) is 5.19. The van der Waals surface area contributed by atoms with E-state index >= 15 is 0 Å². The van der Waals surface area contributed by atoms with Crippen molar-refractivity contribution in [2.75, 3.05) is 5.73 Å².